The summed E-state index contributed by atoms with van der Waals surface area (Å²) in [5.41, 5.74) is 0.552. The van der Waals surface area contributed by atoms with Crippen molar-refractivity contribution in [2.24, 2.45) is 7.05 Å². The van der Waals surface area contributed by atoms with Gasteiger partial charge in [-0.15, -0.1) is 0 Å². The van der Waals surface area contributed by atoms with Crippen molar-refractivity contribution < 1.29 is 9.53 Å². The Bertz CT molecular complexity index is 573. The highest BCUT2D eigenvalue weighted by Crippen LogP contribution is 2.13. The zero-order valence-electron chi connectivity index (χ0n) is 10.7. The SMILES string of the molecule is C=CCOc1ccc(C(=O)Nc2ccn(C)n2)cc1. The number of ether oxygens (including phenoxy) is 1. The summed E-state index contributed by atoms with van der Waals surface area (Å²) in [6.07, 6.45) is 3.43. The van der Waals surface area contributed by atoms with Crippen LogP contribution < -0.4 is 10.1 Å². The van der Waals surface area contributed by atoms with Crippen LogP contribution in [0.4, 0.5) is 5.82 Å². The highest BCUT2D eigenvalue weighted by Gasteiger charge is 2.07. The summed E-state index contributed by atoms with van der Waals surface area (Å²) in [4.78, 5) is 11.9. The van der Waals surface area contributed by atoms with Crippen molar-refractivity contribution in [3.63, 3.8) is 0 Å². The van der Waals surface area contributed by atoms with Gasteiger partial charge in [-0.2, -0.15) is 5.10 Å². The summed E-state index contributed by atoms with van der Waals surface area (Å²) in [6, 6.07) is 8.64. The summed E-state index contributed by atoms with van der Waals surface area (Å²) in [5.74, 6) is 1.03. The van der Waals surface area contributed by atoms with Crippen molar-refractivity contribution >= 4 is 11.7 Å². The van der Waals surface area contributed by atoms with Crippen LogP contribution in [0.2, 0.25) is 0 Å². The van der Waals surface area contributed by atoms with Gasteiger partial charge in [0.15, 0.2) is 5.82 Å². The minimum Gasteiger partial charge on any atom is -0.490 e. The predicted molar refractivity (Wildman–Crippen MR) is 73.3 cm³/mol. The molecule has 0 aliphatic rings. The summed E-state index contributed by atoms with van der Waals surface area (Å²) in [5, 5.41) is 6.80. The third-order valence-electron chi connectivity index (χ3n) is 2.44. The van der Waals surface area contributed by atoms with Crippen molar-refractivity contribution in [2.75, 3.05) is 11.9 Å². The number of rotatable bonds is 5. The molecule has 1 aromatic heterocycles. The minimum absolute atomic E-state index is 0.200. The second-order valence-electron chi connectivity index (χ2n) is 3.95. The van der Waals surface area contributed by atoms with E-state index in [1.54, 1.807) is 54.3 Å². The third kappa shape index (κ3) is 3.45. The number of amides is 1. The second kappa shape index (κ2) is 5.86. The highest BCUT2D eigenvalue weighted by atomic mass is 16.5. The smallest absolute Gasteiger partial charge is 0.256 e. The quantitative estimate of drug-likeness (QED) is 0.836. The molecule has 1 heterocycles. The first kappa shape index (κ1) is 12.9. The van der Waals surface area contributed by atoms with Crippen LogP contribution in [0, 0.1) is 0 Å². The maximum Gasteiger partial charge on any atom is 0.256 e. The molecule has 98 valence electrons. The summed E-state index contributed by atoms with van der Waals surface area (Å²) in [6.45, 7) is 4.02. The number of hydrogen-bond acceptors (Lipinski definition) is 3. The van der Waals surface area contributed by atoms with Crippen LogP contribution in [0.25, 0.3) is 0 Å². The Morgan fingerprint density at radius 3 is 2.74 bits per heavy atom. The van der Waals surface area contributed by atoms with Crippen LogP contribution in [0.1, 0.15) is 10.4 Å². The molecule has 19 heavy (non-hydrogen) atoms. The van der Waals surface area contributed by atoms with E-state index >= 15 is 0 Å². The molecule has 2 rings (SSSR count). The maximum absolute atomic E-state index is 11.9. The standard InChI is InChI=1S/C14H15N3O2/c1-3-10-19-12-6-4-11(5-7-12)14(18)15-13-8-9-17(2)16-13/h3-9H,1,10H2,2H3,(H,15,16,18). The van der Waals surface area contributed by atoms with Crippen LogP contribution in [0.15, 0.2) is 49.2 Å². The van der Waals surface area contributed by atoms with Gasteiger partial charge in [-0.1, -0.05) is 12.7 Å². The number of aromatic nitrogens is 2. The molecule has 2 aromatic rings. The first-order valence-corrected chi connectivity index (χ1v) is 5.84. The number of nitrogens with one attached hydrogen (secondary N) is 1. The lowest BCUT2D eigenvalue weighted by Crippen LogP contribution is -2.12. The average Bonchev–Trinajstić information content (AvgIpc) is 2.82. The Hall–Kier alpha value is -2.56. The van der Waals surface area contributed by atoms with Gasteiger partial charge in [0, 0.05) is 24.9 Å². The van der Waals surface area contributed by atoms with Crippen molar-refractivity contribution in [3.05, 3.63) is 54.7 Å². The molecule has 0 saturated heterocycles. The van der Waals surface area contributed by atoms with Crippen molar-refractivity contribution in [1.29, 1.82) is 0 Å². The van der Waals surface area contributed by atoms with Gasteiger partial charge in [0.2, 0.25) is 0 Å². The second-order valence-corrected chi connectivity index (χ2v) is 3.95. The van der Waals surface area contributed by atoms with Crippen LogP contribution >= 0.6 is 0 Å². The number of anilines is 1. The zero-order chi connectivity index (χ0) is 13.7. The van der Waals surface area contributed by atoms with Gasteiger partial charge in [0.25, 0.3) is 5.91 Å². The number of hydrogen-bond donors (Lipinski definition) is 1. The Labute approximate surface area is 111 Å². The molecule has 1 aromatic carbocycles. The van der Waals surface area contributed by atoms with Crippen molar-refractivity contribution in [1.82, 2.24) is 9.78 Å². The zero-order valence-corrected chi connectivity index (χ0v) is 10.7. The fraction of sp³-hybridized carbons (Fsp3) is 0.143. The van der Waals surface area contributed by atoms with Crippen LogP contribution in [-0.2, 0) is 7.05 Å². The van der Waals surface area contributed by atoms with Gasteiger partial charge in [-0.3, -0.25) is 9.48 Å². The van der Waals surface area contributed by atoms with Crippen molar-refractivity contribution in [3.8, 4) is 5.75 Å². The van der Waals surface area contributed by atoms with Crippen LogP contribution in [0.5, 0.6) is 5.75 Å². The molecule has 0 bridgehead atoms. The topological polar surface area (TPSA) is 56.1 Å². The average molecular weight is 257 g/mol. The Morgan fingerprint density at radius 2 is 2.16 bits per heavy atom. The van der Waals surface area contributed by atoms with E-state index in [4.69, 9.17) is 4.74 Å². The molecule has 1 N–H and O–H groups in total. The Morgan fingerprint density at radius 1 is 1.42 bits per heavy atom. The molecule has 0 atom stereocenters. The number of carbonyl (C=O) groups excluding carboxylic acids is 1. The van der Waals surface area contributed by atoms with Gasteiger partial charge in [-0.05, 0) is 24.3 Å². The van der Waals surface area contributed by atoms with E-state index in [0.717, 1.165) is 0 Å². The van der Waals surface area contributed by atoms with E-state index in [0.29, 0.717) is 23.7 Å². The normalized spacial score (nSPS) is 9.95. The largest absolute Gasteiger partial charge is 0.490 e. The van der Waals surface area contributed by atoms with E-state index in [1.165, 1.54) is 0 Å². The molecule has 0 radical (unpaired) electrons. The highest BCUT2D eigenvalue weighted by molar-refractivity contribution is 6.03. The lowest BCUT2D eigenvalue weighted by molar-refractivity contribution is 0.102. The van der Waals surface area contributed by atoms with Gasteiger partial charge >= 0.3 is 0 Å². The molecule has 0 aliphatic heterocycles. The first-order chi connectivity index (χ1) is 9.19. The number of carbonyl (C=O) groups is 1. The molecule has 0 saturated carbocycles. The summed E-state index contributed by atoms with van der Waals surface area (Å²) in [7, 11) is 1.79. The molecular weight excluding hydrogens is 242 g/mol. The van der Waals surface area contributed by atoms with E-state index in [1.807, 2.05) is 0 Å². The monoisotopic (exact) mass is 257 g/mol. The number of nitrogens with zero attached hydrogens (tertiary/aromatic N) is 2. The van der Waals surface area contributed by atoms with Gasteiger partial charge in [0.1, 0.15) is 12.4 Å². The molecular formula is C14H15N3O2. The number of aryl methyl sites for hydroxylation is 1. The summed E-state index contributed by atoms with van der Waals surface area (Å²) >= 11 is 0. The molecule has 0 aliphatic carbocycles. The van der Waals surface area contributed by atoms with Crippen LogP contribution in [0.3, 0.4) is 0 Å². The number of benzene rings is 1. The van der Waals surface area contributed by atoms with E-state index in [9.17, 15) is 4.79 Å². The van der Waals surface area contributed by atoms with E-state index in [-0.39, 0.29) is 5.91 Å². The minimum atomic E-state index is -0.200. The molecule has 5 nitrogen and oxygen atoms in total. The lowest BCUT2D eigenvalue weighted by atomic mass is 10.2. The van der Waals surface area contributed by atoms with Crippen molar-refractivity contribution in [2.45, 2.75) is 0 Å². The molecule has 5 heteroatoms. The van der Waals surface area contributed by atoms with Gasteiger partial charge < -0.3 is 10.1 Å². The molecule has 0 fully saturated rings. The fourth-order valence-electron chi connectivity index (χ4n) is 1.53. The molecule has 0 unspecified atom stereocenters. The predicted octanol–water partition coefficient (Wildman–Crippen LogP) is 2.24. The molecule has 1 amide bonds. The lowest BCUT2D eigenvalue weighted by Gasteiger charge is -2.05. The Kier molecular flexibility index (Phi) is 3.97. The van der Waals surface area contributed by atoms with E-state index < -0.39 is 0 Å². The van der Waals surface area contributed by atoms with Gasteiger partial charge in [0.05, 0.1) is 0 Å². The maximum atomic E-state index is 11.9. The molecule has 0 spiro atoms. The van der Waals surface area contributed by atoms with E-state index in [2.05, 4.69) is 17.0 Å². The third-order valence-corrected chi connectivity index (χ3v) is 2.44. The Balaban J connectivity index is 2.01. The van der Waals surface area contributed by atoms with Gasteiger partial charge in [-0.25, -0.2) is 0 Å². The summed E-state index contributed by atoms with van der Waals surface area (Å²) < 4.78 is 6.97. The van der Waals surface area contributed by atoms with Crippen LogP contribution in [-0.4, -0.2) is 22.3 Å². The first-order valence-electron chi connectivity index (χ1n) is 5.84. The fourth-order valence-corrected chi connectivity index (χ4v) is 1.53.